The normalized spacial score (nSPS) is 13.2. The van der Waals surface area contributed by atoms with Crippen LogP contribution in [0.5, 0.6) is 0 Å². The van der Waals surface area contributed by atoms with Gasteiger partial charge in [0.05, 0.1) is 11.0 Å². The van der Waals surface area contributed by atoms with Crippen molar-refractivity contribution in [1.82, 2.24) is 9.13 Å². The molecule has 0 unspecified atom stereocenters. The number of benzene rings is 11. The number of aromatic nitrogens is 2. The third-order valence-corrected chi connectivity index (χ3v) is 21.0. The Hall–Kier alpha value is -8.57. The largest absolute Gasteiger partial charge is 0.310 e. The van der Waals surface area contributed by atoms with Crippen LogP contribution in [0.3, 0.4) is 0 Å². The fraction of sp³-hybridized carbons (Fsp3) is 0.108. The van der Waals surface area contributed by atoms with E-state index in [9.17, 15) is 0 Å². The molecule has 0 spiro atoms. The van der Waals surface area contributed by atoms with Gasteiger partial charge in [-0.25, -0.2) is 0 Å². The average Bonchev–Trinajstić information content (AvgIpc) is 3.56. The molecule has 15 rings (SSSR count). The highest BCUT2D eigenvalue weighted by atomic mass is 32.3. The molecule has 13 aromatic rings. The molecule has 2 aliphatic rings. The molecule has 2 nitrogen and oxygen atoms in total. The molecule has 11 aromatic carbocycles. The standard InChI is InChI=1S/C74H59BN2S/c1-73(2,3)54-35-37-66-60(46-54)62-40-51(48-23-12-7-13-24-48)42-64-71(62)76(66)68-44-53(50-27-22-34-59(39-50)78(56-28-16-9-17-29-56,57-30-18-10-19-31-57)58-32-20-11-21-33-58)45-69-70(68)75(64)65-43-52(49-25-14-8-15-26-49)41-63-61-47-55(74(4,5)6)36-38-67(61)77(69)72(63)65/h7-47H,1-6H3. The van der Waals surface area contributed by atoms with Crippen LogP contribution in [0.2, 0.25) is 0 Å². The van der Waals surface area contributed by atoms with Gasteiger partial charge in [-0.1, -0.05) is 193 Å². The molecule has 0 aliphatic carbocycles. The Labute approximate surface area is 459 Å². The Balaban J connectivity index is 1.10. The van der Waals surface area contributed by atoms with E-state index >= 15 is 0 Å². The zero-order chi connectivity index (χ0) is 52.7. The number of rotatable bonds is 7. The van der Waals surface area contributed by atoms with Crippen molar-refractivity contribution >= 4 is 76.7 Å². The summed E-state index contributed by atoms with van der Waals surface area (Å²) in [6.45, 7) is 14.0. The Bertz CT molecular complexity index is 4240. The third-order valence-electron chi connectivity index (χ3n) is 17.1. The van der Waals surface area contributed by atoms with E-state index < -0.39 is 10.0 Å². The summed E-state index contributed by atoms with van der Waals surface area (Å²) in [5.74, 6) is 0. The minimum atomic E-state index is -1.95. The predicted octanol–water partition coefficient (Wildman–Crippen LogP) is 18.0. The van der Waals surface area contributed by atoms with E-state index in [1.807, 2.05) is 0 Å². The van der Waals surface area contributed by atoms with Crippen molar-refractivity contribution in [3.63, 3.8) is 0 Å². The highest BCUT2D eigenvalue weighted by Gasteiger charge is 2.42. The first-order chi connectivity index (χ1) is 37.9. The van der Waals surface area contributed by atoms with Crippen molar-refractivity contribution in [2.45, 2.75) is 72.0 Å². The summed E-state index contributed by atoms with van der Waals surface area (Å²) in [6.07, 6.45) is 0. The number of fused-ring (bicyclic) bond motifs is 10. The molecule has 4 heteroatoms. The first-order valence-corrected chi connectivity index (χ1v) is 29.2. The topological polar surface area (TPSA) is 9.86 Å². The zero-order valence-electron chi connectivity index (χ0n) is 45.1. The molecule has 0 radical (unpaired) electrons. The van der Waals surface area contributed by atoms with Crippen molar-refractivity contribution in [2.75, 3.05) is 0 Å². The number of nitrogens with zero attached hydrogens (tertiary/aromatic N) is 2. The Morgan fingerprint density at radius 2 is 0.679 bits per heavy atom. The second-order valence-electron chi connectivity index (χ2n) is 23.7. The molecule has 374 valence electrons. The maximum absolute atomic E-state index is 2.66. The fourth-order valence-corrected chi connectivity index (χ4v) is 17.2. The van der Waals surface area contributed by atoms with E-state index in [-0.39, 0.29) is 17.5 Å². The van der Waals surface area contributed by atoms with Crippen LogP contribution >= 0.6 is 10.0 Å². The summed E-state index contributed by atoms with van der Waals surface area (Å²) in [4.78, 5) is 5.24. The second-order valence-corrected chi connectivity index (χ2v) is 26.8. The first kappa shape index (κ1) is 46.7. The van der Waals surface area contributed by atoms with Gasteiger partial charge in [0, 0.05) is 63.5 Å². The summed E-state index contributed by atoms with van der Waals surface area (Å²) in [5.41, 5.74) is 21.5. The molecule has 0 bridgehead atoms. The molecule has 0 N–H and O–H groups in total. The van der Waals surface area contributed by atoms with Crippen LogP contribution < -0.4 is 16.4 Å². The maximum Gasteiger partial charge on any atom is 0.252 e. The maximum atomic E-state index is 2.66. The molecule has 4 heterocycles. The summed E-state index contributed by atoms with van der Waals surface area (Å²) < 4.78 is 5.31. The van der Waals surface area contributed by atoms with Gasteiger partial charge >= 0.3 is 0 Å². The summed E-state index contributed by atoms with van der Waals surface area (Å²) in [6, 6.07) is 95.1. The predicted molar refractivity (Wildman–Crippen MR) is 333 cm³/mol. The summed E-state index contributed by atoms with van der Waals surface area (Å²) >= 11 is 0. The zero-order valence-corrected chi connectivity index (χ0v) is 45.9. The van der Waals surface area contributed by atoms with Crippen LogP contribution in [-0.2, 0) is 10.8 Å². The SMILES string of the molecule is CC(C)(C)c1ccc2c(c1)c1cc(-c3ccccc3)cc3c1n2-c1cc(-c2cccc(S(c4ccccc4)(c4ccccc4)c4ccccc4)c2)cc2c1B3c1cc(-c3ccccc3)cc3c4cc(C(C)(C)C)ccc4n-2c13. The van der Waals surface area contributed by atoms with Crippen LogP contribution in [0.1, 0.15) is 52.7 Å². The lowest BCUT2D eigenvalue weighted by Crippen LogP contribution is -2.59. The highest BCUT2D eigenvalue weighted by Crippen LogP contribution is 2.73. The Morgan fingerprint density at radius 3 is 1.09 bits per heavy atom. The van der Waals surface area contributed by atoms with Crippen LogP contribution in [-0.4, -0.2) is 15.8 Å². The third kappa shape index (κ3) is 6.92. The smallest absolute Gasteiger partial charge is 0.252 e. The lowest BCUT2D eigenvalue weighted by Gasteiger charge is -2.42. The molecule has 0 saturated heterocycles. The van der Waals surface area contributed by atoms with Crippen LogP contribution in [0.25, 0.3) is 88.4 Å². The van der Waals surface area contributed by atoms with Crippen LogP contribution in [0.4, 0.5) is 0 Å². The fourth-order valence-electron chi connectivity index (χ4n) is 13.3. The Morgan fingerprint density at radius 1 is 0.308 bits per heavy atom. The van der Waals surface area contributed by atoms with E-state index in [4.69, 9.17) is 0 Å². The van der Waals surface area contributed by atoms with Gasteiger partial charge in [0.2, 0.25) is 0 Å². The minimum absolute atomic E-state index is 0.0330. The molecule has 78 heavy (non-hydrogen) atoms. The Kier molecular flexibility index (Phi) is 10.3. The van der Waals surface area contributed by atoms with Crippen molar-refractivity contribution in [3.05, 3.63) is 260 Å². The summed E-state index contributed by atoms with van der Waals surface area (Å²) in [5, 5.41) is 5.18. The minimum Gasteiger partial charge on any atom is -0.310 e. The molecule has 0 saturated carbocycles. The molecular formula is C74H59BN2S. The van der Waals surface area contributed by atoms with E-state index in [0.717, 1.165) is 0 Å². The highest BCUT2D eigenvalue weighted by molar-refractivity contribution is 8.34. The number of hydrogen-bond acceptors (Lipinski definition) is 0. The van der Waals surface area contributed by atoms with Crippen molar-refractivity contribution in [3.8, 4) is 44.8 Å². The van der Waals surface area contributed by atoms with Crippen molar-refractivity contribution in [2.24, 2.45) is 0 Å². The quantitative estimate of drug-likeness (QED) is 0.141. The summed E-state index contributed by atoms with van der Waals surface area (Å²) in [7, 11) is -1.95. The van der Waals surface area contributed by atoms with Gasteiger partial charge in [0.1, 0.15) is 0 Å². The van der Waals surface area contributed by atoms with Crippen molar-refractivity contribution < 1.29 is 0 Å². The molecule has 0 fully saturated rings. The van der Waals surface area contributed by atoms with Gasteiger partial charge in [-0.2, -0.15) is 0 Å². The van der Waals surface area contributed by atoms with E-state index in [0.29, 0.717) is 0 Å². The van der Waals surface area contributed by atoms with Crippen molar-refractivity contribution in [1.29, 1.82) is 0 Å². The molecular weight excluding hydrogens is 960 g/mol. The second kappa shape index (κ2) is 17.2. The molecule has 0 amide bonds. The number of hydrogen-bond donors (Lipinski definition) is 0. The van der Waals surface area contributed by atoms with Gasteiger partial charge in [0.25, 0.3) is 6.71 Å². The van der Waals surface area contributed by atoms with E-state index in [2.05, 4.69) is 299 Å². The van der Waals surface area contributed by atoms with Gasteiger partial charge in [-0.05, 0) is 169 Å². The van der Waals surface area contributed by atoms with Gasteiger partial charge in [-0.3, -0.25) is 0 Å². The van der Waals surface area contributed by atoms with Gasteiger partial charge in [-0.15, -0.1) is 10.0 Å². The van der Waals surface area contributed by atoms with Crippen LogP contribution in [0.15, 0.2) is 268 Å². The lowest BCUT2D eigenvalue weighted by atomic mass is 9.34. The lowest BCUT2D eigenvalue weighted by molar-refractivity contribution is 0.591. The monoisotopic (exact) mass is 1020 g/mol. The molecule has 2 aliphatic heterocycles. The molecule has 0 atom stereocenters. The van der Waals surface area contributed by atoms with E-state index in [1.165, 1.54) is 135 Å². The van der Waals surface area contributed by atoms with E-state index in [1.54, 1.807) is 0 Å². The first-order valence-electron chi connectivity index (χ1n) is 27.6. The van der Waals surface area contributed by atoms with Crippen LogP contribution in [0, 0.1) is 0 Å². The molecule has 2 aromatic heterocycles. The van der Waals surface area contributed by atoms with Gasteiger partial charge < -0.3 is 9.13 Å². The van der Waals surface area contributed by atoms with Gasteiger partial charge in [0.15, 0.2) is 0 Å². The average molecular weight is 1020 g/mol.